The number of ether oxygens (including phenoxy) is 1. The van der Waals surface area contributed by atoms with Gasteiger partial charge in [0, 0.05) is 0 Å². The monoisotopic (exact) mass is 167 g/mol. The maximum absolute atomic E-state index is 12.4. The summed E-state index contributed by atoms with van der Waals surface area (Å²) < 4.78 is 29.7. The van der Waals surface area contributed by atoms with E-state index in [0.717, 1.165) is 0 Å². The summed E-state index contributed by atoms with van der Waals surface area (Å²) in [6.45, 7) is 3.90. The van der Waals surface area contributed by atoms with Gasteiger partial charge in [0.05, 0.1) is 12.1 Å². The van der Waals surface area contributed by atoms with E-state index in [1.807, 2.05) is 0 Å². The van der Waals surface area contributed by atoms with Crippen molar-refractivity contribution in [2.24, 2.45) is 5.73 Å². The van der Waals surface area contributed by atoms with Crippen LogP contribution in [0.5, 0.6) is 0 Å². The maximum atomic E-state index is 12.4. The Morgan fingerprint density at radius 1 is 1.27 bits per heavy atom. The first-order valence-electron chi connectivity index (χ1n) is 3.49. The van der Waals surface area contributed by atoms with Crippen LogP contribution in [0.2, 0.25) is 0 Å². The van der Waals surface area contributed by atoms with Gasteiger partial charge in [-0.2, -0.15) is 0 Å². The average molecular weight is 167 g/mol. The molecule has 2 nitrogen and oxygen atoms in total. The first-order chi connectivity index (χ1) is 4.77. The van der Waals surface area contributed by atoms with Crippen LogP contribution >= 0.6 is 0 Å². The van der Waals surface area contributed by atoms with Crippen LogP contribution in [0.25, 0.3) is 0 Å². The highest BCUT2D eigenvalue weighted by Gasteiger charge is 2.29. The summed E-state index contributed by atoms with van der Waals surface area (Å²) in [5, 5.41) is 0. The predicted octanol–water partition coefficient (Wildman–Crippen LogP) is 1.40. The topological polar surface area (TPSA) is 35.2 Å². The molecule has 0 aliphatic heterocycles. The lowest BCUT2D eigenvalue weighted by molar-refractivity contribution is -0.116. The van der Waals surface area contributed by atoms with Gasteiger partial charge in [-0.1, -0.05) is 0 Å². The summed E-state index contributed by atoms with van der Waals surface area (Å²) in [6, 6.07) is 0. The summed E-state index contributed by atoms with van der Waals surface area (Å²) in [7, 11) is 0. The Morgan fingerprint density at radius 3 is 2.00 bits per heavy atom. The molecule has 0 aromatic rings. The van der Waals surface area contributed by atoms with Crippen LogP contribution < -0.4 is 5.73 Å². The minimum Gasteiger partial charge on any atom is -0.370 e. The lowest BCUT2D eigenvalue weighted by Gasteiger charge is -2.23. The van der Waals surface area contributed by atoms with Gasteiger partial charge in [0.15, 0.2) is 0 Å². The second-order valence-corrected chi connectivity index (χ2v) is 3.46. The highest BCUT2D eigenvalue weighted by atomic mass is 19.3. The molecule has 0 bridgehead atoms. The molecule has 0 heterocycles. The van der Waals surface area contributed by atoms with E-state index in [-0.39, 0.29) is 0 Å². The number of alkyl halides is 2. The first-order valence-corrected chi connectivity index (χ1v) is 3.49. The van der Waals surface area contributed by atoms with Gasteiger partial charge in [-0.05, 0) is 20.8 Å². The van der Waals surface area contributed by atoms with Crippen LogP contribution in [0.4, 0.5) is 8.78 Å². The van der Waals surface area contributed by atoms with E-state index >= 15 is 0 Å². The zero-order chi connectivity index (χ0) is 9.12. The van der Waals surface area contributed by atoms with Crippen molar-refractivity contribution in [2.45, 2.75) is 32.3 Å². The largest absolute Gasteiger partial charge is 0.370 e. The summed E-state index contributed by atoms with van der Waals surface area (Å²) in [4.78, 5) is 0. The quantitative estimate of drug-likeness (QED) is 0.689. The Balaban J connectivity index is 3.70. The minimum absolute atomic E-state index is 0.529. The molecule has 0 saturated heterocycles. The number of hydrogen-bond acceptors (Lipinski definition) is 2. The van der Waals surface area contributed by atoms with Crippen LogP contribution in [0.15, 0.2) is 0 Å². The molecule has 0 aliphatic carbocycles. The van der Waals surface area contributed by atoms with Crippen molar-refractivity contribution in [3.63, 3.8) is 0 Å². The molecule has 0 unspecified atom stereocenters. The Bertz CT molecular complexity index is 120. The molecular formula is C7H15F2NO. The summed E-state index contributed by atoms with van der Waals surface area (Å²) in [5.74, 6) is -2.90. The number of halogens is 2. The third-order valence-corrected chi connectivity index (χ3v) is 1.01. The molecule has 0 radical (unpaired) electrons. The van der Waals surface area contributed by atoms with Gasteiger partial charge in [0.2, 0.25) is 0 Å². The second kappa shape index (κ2) is 3.45. The predicted molar refractivity (Wildman–Crippen MR) is 39.7 cm³/mol. The van der Waals surface area contributed by atoms with Gasteiger partial charge in [-0.25, -0.2) is 8.78 Å². The van der Waals surface area contributed by atoms with Gasteiger partial charge in [-0.15, -0.1) is 0 Å². The highest BCUT2D eigenvalue weighted by Crippen LogP contribution is 2.16. The highest BCUT2D eigenvalue weighted by molar-refractivity contribution is 4.68. The van der Waals surface area contributed by atoms with Crippen molar-refractivity contribution in [1.82, 2.24) is 0 Å². The van der Waals surface area contributed by atoms with Crippen molar-refractivity contribution in [1.29, 1.82) is 0 Å². The standard InChI is InChI=1S/C7H15F2NO/c1-6(2,3)11-5-7(8,9)4-10/h4-5,10H2,1-3H3. The van der Waals surface area contributed by atoms with Crippen LogP contribution in [0.1, 0.15) is 20.8 Å². The third kappa shape index (κ3) is 6.19. The van der Waals surface area contributed by atoms with Crippen molar-refractivity contribution in [3.05, 3.63) is 0 Å². The molecule has 0 spiro atoms. The SMILES string of the molecule is CC(C)(C)OCC(F)(F)CN. The van der Waals surface area contributed by atoms with Crippen molar-refractivity contribution in [2.75, 3.05) is 13.2 Å². The van der Waals surface area contributed by atoms with E-state index in [0.29, 0.717) is 0 Å². The molecule has 0 rings (SSSR count). The van der Waals surface area contributed by atoms with Crippen LogP contribution in [0.3, 0.4) is 0 Å². The molecule has 0 aliphatic rings. The molecule has 0 fully saturated rings. The zero-order valence-electron chi connectivity index (χ0n) is 7.16. The van der Waals surface area contributed by atoms with E-state index in [2.05, 4.69) is 0 Å². The van der Waals surface area contributed by atoms with E-state index in [1.54, 1.807) is 20.8 Å². The molecule has 0 amide bonds. The molecule has 11 heavy (non-hydrogen) atoms. The maximum Gasteiger partial charge on any atom is 0.282 e. The third-order valence-electron chi connectivity index (χ3n) is 1.01. The Kier molecular flexibility index (Phi) is 3.38. The minimum atomic E-state index is -2.90. The normalized spacial score (nSPS) is 13.6. The fraction of sp³-hybridized carbons (Fsp3) is 1.00. The van der Waals surface area contributed by atoms with Gasteiger partial charge in [0.1, 0.15) is 6.61 Å². The molecule has 0 aromatic carbocycles. The van der Waals surface area contributed by atoms with E-state index in [4.69, 9.17) is 10.5 Å². The molecule has 4 heteroatoms. The Morgan fingerprint density at radius 2 is 1.73 bits per heavy atom. The van der Waals surface area contributed by atoms with Crippen LogP contribution in [-0.2, 0) is 4.74 Å². The van der Waals surface area contributed by atoms with Gasteiger partial charge in [0.25, 0.3) is 5.92 Å². The zero-order valence-corrected chi connectivity index (χ0v) is 7.16. The molecule has 0 atom stereocenters. The lowest BCUT2D eigenvalue weighted by Crippen LogP contribution is -2.36. The van der Waals surface area contributed by atoms with Crippen LogP contribution in [-0.4, -0.2) is 24.7 Å². The van der Waals surface area contributed by atoms with Crippen molar-refractivity contribution < 1.29 is 13.5 Å². The molecule has 0 aromatic heterocycles. The Labute approximate surface area is 65.7 Å². The lowest BCUT2D eigenvalue weighted by atomic mass is 10.2. The van der Waals surface area contributed by atoms with E-state index < -0.39 is 24.7 Å². The molecule has 0 saturated carbocycles. The molecule has 2 N–H and O–H groups in total. The van der Waals surface area contributed by atoms with Gasteiger partial charge in [-0.3, -0.25) is 0 Å². The first kappa shape index (κ1) is 10.8. The van der Waals surface area contributed by atoms with Crippen LogP contribution in [0, 0.1) is 0 Å². The van der Waals surface area contributed by atoms with E-state index in [9.17, 15) is 8.78 Å². The number of rotatable bonds is 3. The fourth-order valence-electron chi connectivity index (χ4n) is 0.381. The summed E-state index contributed by atoms with van der Waals surface area (Å²) in [6.07, 6.45) is 0. The average Bonchev–Trinajstić information content (AvgIpc) is 1.83. The second-order valence-electron chi connectivity index (χ2n) is 3.46. The van der Waals surface area contributed by atoms with E-state index in [1.165, 1.54) is 0 Å². The molecule has 68 valence electrons. The fourth-order valence-corrected chi connectivity index (χ4v) is 0.381. The van der Waals surface area contributed by atoms with Gasteiger partial charge >= 0.3 is 0 Å². The van der Waals surface area contributed by atoms with Crippen molar-refractivity contribution >= 4 is 0 Å². The molecular weight excluding hydrogens is 152 g/mol. The van der Waals surface area contributed by atoms with Crippen molar-refractivity contribution in [3.8, 4) is 0 Å². The summed E-state index contributed by atoms with van der Waals surface area (Å²) >= 11 is 0. The summed E-state index contributed by atoms with van der Waals surface area (Å²) in [5.41, 5.74) is 4.28. The smallest absolute Gasteiger partial charge is 0.282 e. The number of nitrogens with two attached hydrogens (primary N) is 1. The number of hydrogen-bond donors (Lipinski definition) is 1. The van der Waals surface area contributed by atoms with Gasteiger partial charge < -0.3 is 10.5 Å². The Hall–Kier alpha value is -0.220.